The Bertz CT molecular complexity index is 7390. The number of carboxylic acids is 2. The Morgan fingerprint density at radius 3 is 1.24 bits per heavy atom. The number of hydrogen-bond donors (Lipinski definition) is 16. The number of nitrogens with zero attached hydrogens (tertiary/aromatic N) is 12. The summed E-state index contributed by atoms with van der Waals surface area (Å²) in [7, 11) is -31.8. The number of rotatable bonds is 26. The van der Waals surface area contributed by atoms with E-state index in [4.69, 9.17) is 8.37 Å². The standard InChI is InChI=1S/C64H42N16O30S8/c81-53-50-32(23-45(110-112(89)90)51(53)77-75-41-17-15-37-39(55(41)117(103,104)105)7-1-9-46(37)114(94,95)96)22-36(113(91,92)93)26-44(50)68-62-70-60(72-64(74-62)80-20-4-6-30(28-80)58(85)86)66-34-13-11-33(12-14-34)65-59-69-61(73-63(71-59)79-19-3-5-29(27-79)57(83)84)67-43-25-35(109-111(87)88)21-31-24-48(116(100,101)102)52(54(82)49(31)43)78-76-42-18-16-38-40(56(42)118(106,107)108)8-2-10-47(38)115(97,98)99/h1-28H,(H14-2,65,66,67,68,69,70,71,72,73,74,75,76,77,78,81,82,83,84,85,86,87,88,89,90,91,92,93,94,95,96,97,98,99,100,101,102,103,104,105,106,107,108)/p+2. The Morgan fingerprint density at radius 1 is 0.407 bits per heavy atom. The molecule has 0 aliphatic heterocycles. The number of fused-ring (bicyclic) bond motifs is 4. The van der Waals surface area contributed by atoms with Crippen molar-refractivity contribution in [1.82, 2.24) is 29.9 Å². The molecule has 0 amide bonds. The van der Waals surface area contributed by atoms with Gasteiger partial charge in [0.2, 0.25) is 0 Å². The first-order valence-corrected chi connectivity index (χ1v) is 42.3. The average molecular weight is 1770 g/mol. The molecule has 0 saturated carbocycles. The number of aromatic nitrogens is 8. The third kappa shape index (κ3) is 17.7. The van der Waals surface area contributed by atoms with E-state index >= 15 is 0 Å². The summed E-state index contributed by atoms with van der Waals surface area (Å²) in [6, 6.07) is 24.5. The highest BCUT2D eigenvalue weighted by Crippen LogP contribution is 2.50. The molecule has 0 fully saturated rings. The summed E-state index contributed by atoms with van der Waals surface area (Å²) in [6.07, 6.45) is 4.71. The maximum Gasteiger partial charge on any atom is 0.444 e. The lowest BCUT2D eigenvalue weighted by atomic mass is 10.1. The van der Waals surface area contributed by atoms with E-state index in [0.29, 0.717) is 6.07 Å². The van der Waals surface area contributed by atoms with Crippen LogP contribution in [0.4, 0.5) is 69.3 Å². The molecular formula is C64H44N16O30S8+2. The van der Waals surface area contributed by atoms with E-state index < -0.39 is 261 Å². The molecule has 0 spiro atoms. The van der Waals surface area contributed by atoms with Gasteiger partial charge in [0.1, 0.15) is 47.3 Å². The number of carbonyl (C=O) groups is 2. The molecule has 0 bridgehead atoms. The number of phenolic OH excluding ortho intramolecular Hbond substituents is 2. The van der Waals surface area contributed by atoms with Gasteiger partial charge >= 0.3 is 70.4 Å². The maximum atomic E-state index is 13.1. The van der Waals surface area contributed by atoms with Crippen molar-refractivity contribution >= 4 is 208 Å². The van der Waals surface area contributed by atoms with Crippen molar-refractivity contribution in [2.75, 3.05) is 21.3 Å². The second kappa shape index (κ2) is 31.3. The molecule has 46 nitrogen and oxygen atoms in total. The van der Waals surface area contributed by atoms with Crippen LogP contribution in [-0.4, -0.2) is 158 Å². The number of hydrogen-bond acceptors (Lipinski definition) is 34. The normalized spacial score (nSPS) is 12.9. The van der Waals surface area contributed by atoms with E-state index in [1.807, 2.05) is 0 Å². The highest BCUT2D eigenvalue weighted by atomic mass is 32.2. The van der Waals surface area contributed by atoms with Gasteiger partial charge in [-0.05, 0) is 134 Å². The van der Waals surface area contributed by atoms with E-state index in [9.17, 15) is 125 Å². The summed E-state index contributed by atoms with van der Waals surface area (Å²) in [6.45, 7) is 0. The number of nitrogens with one attached hydrogen (secondary N) is 4. The number of aromatic hydroxyl groups is 2. The molecule has 2 atom stereocenters. The number of azo groups is 2. The van der Waals surface area contributed by atoms with E-state index in [-0.39, 0.29) is 22.5 Å². The molecule has 0 radical (unpaired) electrons. The van der Waals surface area contributed by atoms with Crippen molar-refractivity contribution in [3.05, 3.63) is 182 Å². The molecule has 54 heteroatoms. The monoisotopic (exact) mass is 1770 g/mol. The molecule has 0 aliphatic carbocycles. The fourth-order valence-electron chi connectivity index (χ4n) is 11.6. The molecule has 4 aromatic heterocycles. The van der Waals surface area contributed by atoms with Crippen LogP contribution in [0.1, 0.15) is 20.7 Å². The molecular weight excluding hydrogens is 1730 g/mol. The highest BCUT2D eigenvalue weighted by Gasteiger charge is 2.32. The minimum Gasteiger partial charge on any atom is -0.505 e. The van der Waals surface area contributed by atoms with Gasteiger partial charge in [-0.3, -0.25) is 36.4 Å². The number of carboxylic acid groups (broad SMARTS) is 2. The predicted molar refractivity (Wildman–Crippen MR) is 405 cm³/mol. The summed E-state index contributed by atoms with van der Waals surface area (Å²) in [4.78, 5) is 44.9. The maximum absolute atomic E-state index is 13.1. The Hall–Kier alpha value is -13.4. The largest absolute Gasteiger partial charge is 0.505 e. The molecule has 13 rings (SSSR count). The van der Waals surface area contributed by atoms with Crippen molar-refractivity contribution in [3.8, 4) is 34.9 Å². The van der Waals surface area contributed by atoms with Crippen molar-refractivity contribution < 1.29 is 143 Å². The fourth-order valence-corrected chi connectivity index (χ4v) is 16.4. The second-order valence-electron chi connectivity index (χ2n) is 23.9. The van der Waals surface area contributed by atoms with Crippen LogP contribution >= 0.6 is 0 Å². The third-order valence-corrected chi connectivity index (χ3v) is 22.4. The van der Waals surface area contributed by atoms with E-state index in [2.05, 4.69) is 71.6 Å². The number of pyridine rings is 2. The number of anilines is 8. The third-order valence-electron chi connectivity index (χ3n) is 16.3. The van der Waals surface area contributed by atoms with Crippen LogP contribution in [0.25, 0.3) is 55.0 Å². The van der Waals surface area contributed by atoms with Gasteiger partial charge in [0.15, 0.2) is 22.9 Å². The van der Waals surface area contributed by atoms with Gasteiger partial charge in [0.05, 0.1) is 52.2 Å². The van der Waals surface area contributed by atoms with Gasteiger partial charge in [-0.25, -0.2) is 18.7 Å². The van der Waals surface area contributed by atoms with Crippen LogP contribution in [0.3, 0.4) is 0 Å². The van der Waals surface area contributed by atoms with E-state index in [1.165, 1.54) is 60.9 Å². The molecule has 0 aliphatic rings. The Kier molecular flexibility index (Phi) is 21.9. The Labute approximate surface area is 663 Å². The zero-order valence-electron chi connectivity index (χ0n) is 57.5. The summed E-state index contributed by atoms with van der Waals surface area (Å²) in [5, 5.41) is 66.7. The molecule has 606 valence electrons. The molecule has 13 aromatic rings. The first-order chi connectivity index (χ1) is 55.3. The lowest BCUT2D eigenvalue weighted by molar-refractivity contribution is -0.604. The zero-order chi connectivity index (χ0) is 85.2. The van der Waals surface area contributed by atoms with Crippen molar-refractivity contribution in [2.24, 2.45) is 20.5 Å². The fraction of sp³-hybridized carbons (Fsp3) is 0. The summed E-state index contributed by atoms with van der Waals surface area (Å²) in [5.41, 5.74) is -5.23. The lowest BCUT2D eigenvalue weighted by Crippen LogP contribution is -2.34. The molecule has 118 heavy (non-hydrogen) atoms. The number of aromatic carboxylic acids is 2. The van der Waals surface area contributed by atoms with Crippen LogP contribution < -0.4 is 38.8 Å². The second-order valence-corrected chi connectivity index (χ2v) is 33.4. The van der Waals surface area contributed by atoms with Crippen LogP contribution in [0, 0.1) is 0 Å². The SMILES string of the molecule is O=C(O)c1ccc[n+](-c2nc(Nc3ccc(Nc4nc(Nc5cc(OS(=O)O)cc6cc(S(=O)(=O)O)c(N=Nc7ccc8c(S(=O)(=O)O)cccc8c7S(=O)(=O)O)c(O)c56)nc(-[n+]5cccc(C(=O)O)c5)n4)cc3)nc(Nc3cc(S(=O)(=O)O)cc4cc(OS(=O)O)c(N=Nc5ccc6c(S(=O)(=O)O)cccc6c5S(=O)(=O)O)c(O)c34)n2)c1. The van der Waals surface area contributed by atoms with E-state index in [0.717, 1.165) is 113 Å². The van der Waals surface area contributed by atoms with Crippen molar-refractivity contribution in [2.45, 2.75) is 29.4 Å². The van der Waals surface area contributed by atoms with Gasteiger partial charge in [0.25, 0.3) is 60.7 Å². The van der Waals surface area contributed by atoms with Crippen LogP contribution in [0.15, 0.2) is 220 Å². The highest BCUT2D eigenvalue weighted by molar-refractivity contribution is 7.87. The average Bonchev–Trinajstić information content (AvgIpc) is 0.760. The number of phenols is 2. The minimum absolute atomic E-state index is 0.0967. The van der Waals surface area contributed by atoms with Gasteiger partial charge in [-0.2, -0.15) is 58.9 Å². The van der Waals surface area contributed by atoms with Crippen LogP contribution in [0.5, 0.6) is 23.0 Å². The van der Waals surface area contributed by atoms with Crippen LogP contribution in [-0.2, 0) is 83.4 Å². The molecule has 2 unspecified atom stereocenters. The molecule has 9 aromatic carbocycles. The van der Waals surface area contributed by atoms with Crippen molar-refractivity contribution in [3.63, 3.8) is 0 Å². The number of benzene rings is 9. The Morgan fingerprint density at radius 2 is 0.822 bits per heavy atom. The smallest absolute Gasteiger partial charge is 0.444 e. The van der Waals surface area contributed by atoms with Crippen molar-refractivity contribution in [1.29, 1.82) is 0 Å². The topological polar surface area (TPSA) is 717 Å². The molecule has 16 N–H and O–H groups in total. The van der Waals surface area contributed by atoms with E-state index in [1.54, 1.807) is 0 Å². The summed E-state index contributed by atoms with van der Waals surface area (Å²) in [5.74, 6) is -9.52. The van der Waals surface area contributed by atoms with Crippen LogP contribution in [0.2, 0.25) is 0 Å². The quantitative estimate of drug-likeness (QED) is 0.0105. The van der Waals surface area contributed by atoms with Gasteiger partial charge in [-0.1, -0.05) is 36.4 Å². The predicted octanol–water partition coefficient (Wildman–Crippen LogP) is 8.35. The molecule has 0 saturated heterocycles. The molecule has 4 heterocycles. The Balaban J connectivity index is 0.887. The first kappa shape index (κ1) is 82.5. The van der Waals surface area contributed by atoms with Gasteiger partial charge in [-0.15, -0.1) is 30.4 Å². The summed E-state index contributed by atoms with van der Waals surface area (Å²) < 4.78 is 271. The first-order valence-electron chi connectivity index (χ1n) is 31.6. The zero-order valence-corrected chi connectivity index (χ0v) is 64.0. The minimum atomic E-state index is -5.56. The van der Waals surface area contributed by atoms with Gasteiger partial charge in [0, 0.05) is 49.8 Å². The lowest BCUT2D eigenvalue weighted by Gasteiger charge is -2.15. The van der Waals surface area contributed by atoms with Gasteiger partial charge < -0.3 is 50.1 Å². The summed E-state index contributed by atoms with van der Waals surface area (Å²) >= 11 is -6.46.